The lowest BCUT2D eigenvalue weighted by molar-refractivity contribution is 0.0866. The lowest BCUT2D eigenvalue weighted by Gasteiger charge is -2.19. The molecule has 3 unspecified atom stereocenters. The van der Waals surface area contributed by atoms with Crippen molar-refractivity contribution in [2.75, 3.05) is 6.54 Å². The second kappa shape index (κ2) is 2.73. The Balaban J connectivity index is 1.73. The highest BCUT2D eigenvalue weighted by atomic mass is 16.5. The van der Waals surface area contributed by atoms with E-state index >= 15 is 0 Å². The zero-order valence-electron chi connectivity index (χ0n) is 9.20. The van der Waals surface area contributed by atoms with E-state index in [-0.39, 0.29) is 0 Å². The SMILES string of the molecule is CC1(C)[C@@H](CN)[C@@H]1C1CC2CCC1O2. The molecule has 0 spiro atoms. The van der Waals surface area contributed by atoms with Crippen LogP contribution in [0, 0.1) is 23.2 Å². The number of nitrogens with two attached hydrogens (primary N) is 1. The maximum atomic E-state index is 5.93. The summed E-state index contributed by atoms with van der Waals surface area (Å²) < 4.78 is 5.93. The molecule has 0 aromatic heterocycles. The first-order valence-corrected chi connectivity index (χ1v) is 6.00. The van der Waals surface area contributed by atoms with Crippen molar-refractivity contribution in [3.05, 3.63) is 0 Å². The minimum Gasteiger partial charge on any atom is -0.375 e. The van der Waals surface area contributed by atoms with Crippen LogP contribution >= 0.6 is 0 Å². The van der Waals surface area contributed by atoms with Gasteiger partial charge in [-0.3, -0.25) is 0 Å². The van der Waals surface area contributed by atoms with Crippen molar-refractivity contribution in [1.29, 1.82) is 0 Å². The van der Waals surface area contributed by atoms with Crippen LogP contribution in [0.3, 0.4) is 0 Å². The molecule has 0 amide bonds. The van der Waals surface area contributed by atoms with E-state index in [2.05, 4.69) is 13.8 Å². The third-order valence-electron chi connectivity index (χ3n) is 5.01. The molecule has 80 valence electrons. The van der Waals surface area contributed by atoms with Gasteiger partial charge in [-0.2, -0.15) is 0 Å². The van der Waals surface area contributed by atoms with Crippen LogP contribution in [0.1, 0.15) is 33.1 Å². The summed E-state index contributed by atoms with van der Waals surface area (Å²) in [6, 6.07) is 0. The highest BCUT2D eigenvalue weighted by molar-refractivity contribution is 5.11. The van der Waals surface area contributed by atoms with Crippen LogP contribution in [0.5, 0.6) is 0 Å². The first-order valence-electron chi connectivity index (χ1n) is 6.00. The molecule has 0 radical (unpaired) electrons. The Morgan fingerprint density at radius 1 is 1.36 bits per heavy atom. The van der Waals surface area contributed by atoms with Crippen molar-refractivity contribution >= 4 is 0 Å². The summed E-state index contributed by atoms with van der Waals surface area (Å²) in [6.45, 7) is 5.62. The fourth-order valence-electron chi connectivity index (χ4n) is 4.14. The number of rotatable bonds is 2. The lowest BCUT2D eigenvalue weighted by Crippen LogP contribution is -2.21. The zero-order valence-corrected chi connectivity index (χ0v) is 9.20. The van der Waals surface area contributed by atoms with Crippen LogP contribution in [0.2, 0.25) is 0 Å². The highest BCUT2D eigenvalue weighted by Crippen LogP contribution is 2.65. The van der Waals surface area contributed by atoms with Gasteiger partial charge >= 0.3 is 0 Å². The molecule has 2 saturated heterocycles. The third kappa shape index (κ3) is 1.04. The van der Waals surface area contributed by atoms with Crippen LogP contribution in [0.25, 0.3) is 0 Å². The molecule has 2 heterocycles. The first kappa shape index (κ1) is 9.17. The van der Waals surface area contributed by atoms with Crippen LogP contribution in [-0.2, 0) is 4.74 Å². The van der Waals surface area contributed by atoms with Crippen molar-refractivity contribution in [1.82, 2.24) is 0 Å². The third-order valence-corrected chi connectivity index (χ3v) is 5.01. The molecule has 0 aromatic rings. The van der Waals surface area contributed by atoms with Crippen LogP contribution < -0.4 is 5.73 Å². The normalized spacial score (nSPS) is 53.8. The molecule has 1 saturated carbocycles. The van der Waals surface area contributed by atoms with E-state index in [0.717, 1.165) is 24.3 Å². The molecule has 5 atom stereocenters. The lowest BCUT2D eigenvalue weighted by atomic mass is 9.83. The number of fused-ring (bicyclic) bond motifs is 2. The van der Waals surface area contributed by atoms with Gasteiger partial charge in [0.15, 0.2) is 0 Å². The molecule has 2 nitrogen and oxygen atoms in total. The average Bonchev–Trinajstić information content (AvgIpc) is 2.61. The predicted octanol–water partition coefficient (Wildman–Crippen LogP) is 1.78. The minimum atomic E-state index is 0.493. The molecular weight excluding hydrogens is 174 g/mol. The second-order valence-corrected chi connectivity index (χ2v) is 5.96. The maximum absolute atomic E-state index is 5.93. The quantitative estimate of drug-likeness (QED) is 0.729. The van der Waals surface area contributed by atoms with E-state index < -0.39 is 0 Å². The summed E-state index contributed by atoms with van der Waals surface area (Å²) in [5.74, 6) is 2.44. The van der Waals surface area contributed by atoms with Gasteiger partial charge in [-0.05, 0) is 49.0 Å². The Hall–Kier alpha value is -0.0800. The molecule has 0 aromatic carbocycles. The largest absolute Gasteiger partial charge is 0.375 e. The van der Waals surface area contributed by atoms with E-state index in [1.165, 1.54) is 19.3 Å². The van der Waals surface area contributed by atoms with Gasteiger partial charge in [0.2, 0.25) is 0 Å². The zero-order chi connectivity index (χ0) is 9.92. The summed E-state index contributed by atoms with van der Waals surface area (Å²) in [4.78, 5) is 0. The Labute approximate surface area is 86.2 Å². The molecular formula is C12H21NO. The van der Waals surface area contributed by atoms with Crippen molar-refractivity contribution in [3.8, 4) is 0 Å². The topological polar surface area (TPSA) is 35.2 Å². The first-order chi connectivity index (χ1) is 6.64. The highest BCUT2D eigenvalue weighted by Gasteiger charge is 2.63. The van der Waals surface area contributed by atoms with Gasteiger partial charge in [0.25, 0.3) is 0 Å². The standard InChI is InChI=1S/C12H21NO/c1-12(2)9(6-13)11(12)8-5-7-3-4-10(8)14-7/h7-11H,3-6,13H2,1-2H3/t7?,8?,9-,10?,11-/m0/s1. The number of hydrogen-bond donors (Lipinski definition) is 1. The molecule has 3 aliphatic rings. The summed E-state index contributed by atoms with van der Waals surface area (Å²) in [6.07, 6.45) is 5.11. The average molecular weight is 195 g/mol. The molecule has 2 aliphatic heterocycles. The van der Waals surface area contributed by atoms with Gasteiger partial charge in [-0.1, -0.05) is 13.8 Å². The molecule has 3 fully saturated rings. The maximum Gasteiger partial charge on any atom is 0.0611 e. The molecule has 1 aliphatic carbocycles. The van der Waals surface area contributed by atoms with Gasteiger partial charge in [0.1, 0.15) is 0 Å². The van der Waals surface area contributed by atoms with Crippen LogP contribution in [-0.4, -0.2) is 18.8 Å². The van der Waals surface area contributed by atoms with Gasteiger partial charge in [0.05, 0.1) is 12.2 Å². The fourth-order valence-corrected chi connectivity index (χ4v) is 4.14. The predicted molar refractivity (Wildman–Crippen MR) is 55.8 cm³/mol. The van der Waals surface area contributed by atoms with Crippen molar-refractivity contribution in [2.45, 2.75) is 45.3 Å². The Morgan fingerprint density at radius 3 is 2.57 bits per heavy atom. The van der Waals surface area contributed by atoms with E-state index in [1.54, 1.807) is 0 Å². The summed E-state index contributed by atoms with van der Waals surface area (Å²) >= 11 is 0. The molecule has 2 N–H and O–H groups in total. The van der Waals surface area contributed by atoms with E-state index in [4.69, 9.17) is 10.5 Å². The van der Waals surface area contributed by atoms with Gasteiger partial charge in [0, 0.05) is 0 Å². The van der Waals surface area contributed by atoms with E-state index in [0.29, 0.717) is 17.6 Å². The van der Waals surface area contributed by atoms with Crippen LogP contribution in [0.15, 0.2) is 0 Å². The fraction of sp³-hybridized carbons (Fsp3) is 1.00. The molecule has 3 rings (SSSR count). The molecule has 2 bridgehead atoms. The molecule has 14 heavy (non-hydrogen) atoms. The van der Waals surface area contributed by atoms with Crippen LogP contribution in [0.4, 0.5) is 0 Å². The number of ether oxygens (including phenoxy) is 1. The summed E-state index contributed by atoms with van der Waals surface area (Å²) in [7, 11) is 0. The van der Waals surface area contributed by atoms with Gasteiger partial charge in [-0.25, -0.2) is 0 Å². The molecule has 2 heteroatoms. The van der Waals surface area contributed by atoms with Crippen molar-refractivity contribution in [2.24, 2.45) is 28.9 Å². The minimum absolute atomic E-state index is 0.493. The monoisotopic (exact) mass is 195 g/mol. The van der Waals surface area contributed by atoms with Gasteiger partial charge < -0.3 is 10.5 Å². The van der Waals surface area contributed by atoms with E-state index in [9.17, 15) is 0 Å². The van der Waals surface area contributed by atoms with Crippen molar-refractivity contribution in [3.63, 3.8) is 0 Å². The second-order valence-electron chi connectivity index (χ2n) is 5.96. The van der Waals surface area contributed by atoms with E-state index in [1.807, 2.05) is 0 Å². The summed E-state index contributed by atoms with van der Waals surface area (Å²) in [5, 5.41) is 0. The number of hydrogen-bond acceptors (Lipinski definition) is 2. The Bertz CT molecular complexity index is 249. The Morgan fingerprint density at radius 2 is 2.14 bits per heavy atom. The van der Waals surface area contributed by atoms with Gasteiger partial charge in [-0.15, -0.1) is 0 Å². The Kier molecular flexibility index (Phi) is 1.79. The smallest absolute Gasteiger partial charge is 0.0611 e. The van der Waals surface area contributed by atoms with Crippen molar-refractivity contribution < 1.29 is 4.74 Å². The summed E-state index contributed by atoms with van der Waals surface area (Å²) in [5.41, 5.74) is 6.32.